The molecule has 0 aliphatic rings. The summed E-state index contributed by atoms with van der Waals surface area (Å²) in [5, 5.41) is 0.822. The van der Waals surface area contributed by atoms with Gasteiger partial charge in [0.1, 0.15) is 11.3 Å². The molecule has 0 N–H and O–H groups in total. The Morgan fingerprint density at radius 3 is 2.80 bits per heavy atom. The number of ether oxygens (including phenoxy) is 1. The summed E-state index contributed by atoms with van der Waals surface area (Å²) in [4.78, 5) is 25.7. The van der Waals surface area contributed by atoms with Crippen LogP contribution in [-0.2, 0) is 16.1 Å². The van der Waals surface area contributed by atoms with E-state index in [0.29, 0.717) is 23.5 Å². The maximum Gasteiger partial charge on any atom is 0.375 e. The highest BCUT2D eigenvalue weighted by Gasteiger charge is 2.21. The van der Waals surface area contributed by atoms with Crippen LogP contribution in [0, 0.1) is 6.92 Å². The van der Waals surface area contributed by atoms with Crippen LogP contribution >= 0.6 is 15.9 Å². The Bertz CT molecular complexity index is 913. The minimum Gasteiger partial charge on any atom is -0.467 e. The van der Waals surface area contributed by atoms with Gasteiger partial charge in [0.25, 0.3) is 5.91 Å². The molecular formula is C18H16BrNO5. The number of esters is 1. The monoisotopic (exact) mass is 405 g/mol. The predicted octanol–water partition coefficient (Wildman–Crippen LogP) is 3.91. The number of hydrogen-bond donors (Lipinski definition) is 0. The third-order valence-corrected chi connectivity index (χ3v) is 4.30. The van der Waals surface area contributed by atoms with E-state index in [0.717, 1.165) is 9.86 Å². The standard InChI is InChI=1S/C18H16BrNO5/c1-11-14-8-12(19)5-6-15(14)25-17(11)18(22)24-10-16(21)20(2)9-13-4-3-7-23-13/h3-8H,9-10H2,1-2H3. The molecule has 0 fully saturated rings. The highest BCUT2D eigenvalue weighted by Crippen LogP contribution is 2.28. The quantitative estimate of drug-likeness (QED) is 0.601. The Morgan fingerprint density at radius 2 is 2.08 bits per heavy atom. The van der Waals surface area contributed by atoms with Crippen molar-refractivity contribution >= 4 is 38.8 Å². The average Bonchev–Trinajstić information content (AvgIpc) is 3.21. The van der Waals surface area contributed by atoms with Crippen LogP contribution in [0.1, 0.15) is 21.9 Å². The number of benzene rings is 1. The van der Waals surface area contributed by atoms with Crippen LogP contribution in [0.15, 0.2) is 49.9 Å². The molecule has 1 amide bonds. The molecule has 25 heavy (non-hydrogen) atoms. The van der Waals surface area contributed by atoms with Crippen LogP contribution < -0.4 is 0 Å². The van der Waals surface area contributed by atoms with Crippen molar-refractivity contribution in [3.05, 3.63) is 58.2 Å². The first kappa shape index (κ1) is 17.3. The Balaban J connectivity index is 1.64. The van der Waals surface area contributed by atoms with E-state index in [9.17, 15) is 9.59 Å². The highest BCUT2D eigenvalue weighted by molar-refractivity contribution is 9.10. The number of likely N-dealkylation sites (N-methyl/N-ethyl adjacent to an activating group) is 1. The molecule has 3 aromatic rings. The van der Waals surface area contributed by atoms with Crippen molar-refractivity contribution < 1.29 is 23.2 Å². The van der Waals surface area contributed by atoms with Gasteiger partial charge in [0.05, 0.1) is 12.8 Å². The molecule has 1 aromatic carbocycles. The zero-order chi connectivity index (χ0) is 18.0. The second-order valence-electron chi connectivity index (χ2n) is 5.60. The molecule has 0 aliphatic heterocycles. The summed E-state index contributed by atoms with van der Waals surface area (Å²) in [5.41, 5.74) is 1.27. The zero-order valence-electron chi connectivity index (χ0n) is 13.7. The summed E-state index contributed by atoms with van der Waals surface area (Å²) in [6, 6.07) is 8.98. The molecule has 0 saturated heterocycles. The van der Waals surface area contributed by atoms with E-state index < -0.39 is 5.97 Å². The average molecular weight is 406 g/mol. The maximum absolute atomic E-state index is 12.2. The van der Waals surface area contributed by atoms with Crippen molar-refractivity contribution in [2.24, 2.45) is 0 Å². The van der Waals surface area contributed by atoms with Crippen molar-refractivity contribution in [2.75, 3.05) is 13.7 Å². The lowest BCUT2D eigenvalue weighted by atomic mass is 10.1. The van der Waals surface area contributed by atoms with Crippen molar-refractivity contribution in [3.8, 4) is 0 Å². The molecule has 2 heterocycles. The van der Waals surface area contributed by atoms with Crippen LogP contribution in [-0.4, -0.2) is 30.4 Å². The fourth-order valence-electron chi connectivity index (χ4n) is 2.42. The summed E-state index contributed by atoms with van der Waals surface area (Å²) >= 11 is 3.39. The van der Waals surface area contributed by atoms with Gasteiger partial charge in [0.2, 0.25) is 5.76 Å². The number of amides is 1. The van der Waals surface area contributed by atoms with Gasteiger partial charge >= 0.3 is 5.97 Å². The molecule has 0 unspecified atom stereocenters. The smallest absolute Gasteiger partial charge is 0.375 e. The molecule has 0 radical (unpaired) electrons. The first-order valence-electron chi connectivity index (χ1n) is 7.58. The first-order valence-corrected chi connectivity index (χ1v) is 8.37. The SMILES string of the molecule is Cc1c(C(=O)OCC(=O)N(C)Cc2ccco2)oc2ccc(Br)cc12. The zero-order valence-corrected chi connectivity index (χ0v) is 15.3. The van der Waals surface area contributed by atoms with Crippen LogP contribution in [0.3, 0.4) is 0 Å². The van der Waals surface area contributed by atoms with Gasteiger partial charge in [-0.05, 0) is 37.3 Å². The lowest BCUT2D eigenvalue weighted by Crippen LogP contribution is -2.30. The van der Waals surface area contributed by atoms with E-state index in [1.165, 1.54) is 11.2 Å². The summed E-state index contributed by atoms with van der Waals surface area (Å²) in [6.07, 6.45) is 1.54. The Hall–Kier alpha value is -2.54. The number of nitrogens with zero attached hydrogens (tertiary/aromatic N) is 1. The lowest BCUT2D eigenvalue weighted by Gasteiger charge is -2.15. The maximum atomic E-state index is 12.2. The van der Waals surface area contributed by atoms with E-state index >= 15 is 0 Å². The summed E-state index contributed by atoms with van der Waals surface area (Å²) in [7, 11) is 1.61. The minimum absolute atomic E-state index is 0.106. The van der Waals surface area contributed by atoms with Gasteiger partial charge in [0.15, 0.2) is 6.61 Å². The normalized spacial score (nSPS) is 10.8. The van der Waals surface area contributed by atoms with E-state index in [1.807, 2.05) is 12.1 Å². The van der Waals surface area contributed by atoms with Crippen LogP contribution in [0.5, 0.6) is 0 Å². The van der Waals surface area contributed by atoms with Gasteiger partial charge in [0, 0.05) is 22.5 Å². The van der Waals surface area contributed by atoms with Gasteiger partial charge in [-0.2, -0.15) is 0 Å². The van der Waals surface area contributed by atoms with Crippen molar-refractivity contribution in [2.45, 2.75) is 13.5 Å². The number of carbonyl (C=O) groups is 2. The van der Waals surface area contributed by atoms with Crippen LogP contribution in [0.25, 0.3) is 11.0 Å². The van der Waals surface area contributed by atoms with Crippen molar-refractivity contribution in [3.63, 3.8) is 0 Å². The molecule has 0 saturated carbocycles. The molecule has 2 aromatic heterocycles. The number of rotatable bonds is 5. The number of halogens is 1. The van der Waals surface area contributed by atoms with Gasteiger partial charge in [-0.25, -0.2) is 4.79 Å². The summed E-state index contributed by atoms with van der Waals surface area (Å²) in [5.74, 6) is -0.235. The molecule has 0 aliphatic carbocycles. The largest absolute Gasteiger partial charge is 0.467 e. The predicted molar refractivity (Wildman–Crippen MR) is 94.1 cm³/mol. The molecule has 0 bridgehead atoms. The molecule has 6 nitrogen and oxygen atoms in total. The fraction of sp³-hybridized carbons (Fsp3) is 0.222. The molecule has 0 spiro atoms. The first-order chi connectivity index (χ1) is 12.0. The van der Waals surface area contributed by atoms with E-state index in [-0.39, 0.29) is 18.3 Å². The van der Waals surface area contributed by atoms with Gasteiger partial charge in [-0.15, -0.1) is 0 Å². The molecule has 0 atom stereocenters. The van der Waals surface area contributed by atoms with Gasteiger partial charge in [-0.3, -0.25) is 4.79 Å². The molecular weight excluding hydrogens is 390 g/mol. The van der Waals surface area contributed by atoms with Gasteiger partial charge < -0.3 is 18.5 Å². The lowest BCUT2D eigenvalue weighted by molar-refractivity contribution is -0.134. The topological polar surface area (TPSA) is 72.9 Å². The number of furan rings is 2. The van der Waals surface area contributed by atoms with Crippen LogP contribution in [0.4, 0.5) is 0 Å². The highest BCUT2D eigenvalue weighted by atomic mass is 79.9. The van der Waals surface area contributed by atoms with E-state index in [1.54, 1.807) is 32.2 Å². The minimum atomic E-state index is -0.662. The number of carbonyl (C=O) groups excluding carboxylic acids is 2. The van der Waals surface area contributed by atoms with E-state index in [2.05, 4.69) is 15.9 Å². The second kappa shape index (κ2) is 7.14. The van der Waals surface area contributed by atoms with Crippen molar-refractivity contribution in [1.29, 1.82) is 0 Å². The number of fused-ring (bicyclic) bond motifs is 1. The molecule has 3 rings (SSSR count). The number of aryl methyl sites for hydroxylation is 1. The Morgan fingerprint density at radius 1 is 1.28 bits per heavy atom. The third kappa shape index (κ3) is 3.76. The van der Waals surface area contributed by atoms with Gasteiger partial charge in [-0.1, -0.05) is 15.9 Å². The summed E-state index contributed by atoms with van der Waals surface area (Å²) in [6.45, 7) is 1.72. The third-order valence-electron chi connectivity index (χ3n) is 3.81. The van der Waals surface area contributed by atoms with Crippen molar-refractivity contribution in [1.82, 2.24) is 4.90 Å². The fourth-order valence-corrected chi connectivity index (χ4v) is 2.78. The van der Waals surface area contributed by atoms with E-state index in [4.69, 9.17) is 13.6 Å². The number of hydrogen-bond acceptors (Lipinski definition) is 5. The Labute approximate surface area is 152 Å². The Kier molecular flexibility index (Phi) is 4.94. The summed E-state index contributed by atoms with van der Waals surface area (Å²) < 4.78 is 16.7. The molecule has 7 heteroatoms. The van der Waals surface area contributed by atoms with Crippen LogP contribution in [0.2, 0.25) is 0 Å². The molecule has 130 valence electrons. The second-order valence-corrected chi connectivity index (χ2v) is 6.52.